The summed E-state index contributed by atoms with van der Waals surface area (Å²) in [6.45, 7) is 4.00. The van der Waals surface area contributed by atoms with Crippen LogP contribution < -0.4 is 5.32 Å². The number of aromatic nitrogens is 3. The van der Waals surface area contributed by atoms with E-state index in [2.05, 4.69) is 36.4 Å². The lowest BCUT2D eigenvalue weighted by Gasteiger charge is -2.05. The number of benzene rings is 1. The molecule has 21 heavy (non-hydrogen) atoms. The zero-order valence-electron chi connectivity index (χ0n) is 11.5. The molecule has 112 valence electrons. The van der Waals surface area contributed by atoms with Crippen LogP contribution in [0, 0.1) is 5.82 Å². The van der Waals surface area contributed by atoms with Gasteiger partial charge in [0, 0.05) is 10.4 Å². The number of anilines is 1. The van der Waals surface area contributed by atoms with Crippen molar-refractivity contribution in [1.82, 2.24) is 15.2 Å². The zero-order valence-corrected chi connectivity index (χ0v) is 13.9. The molecule has 0 fully saturated rings. The van der Waals surface area contributed by atoms with Crippen molar-refractivity contribution < 1.29 is 9.18 Å². The summed E-state index contributed by atoms with van der Waals surface area (Å²) < 4.78 is 14.2. The summed E-state index contributed by atoms with van der Waals surface area (Å²) in [5, 5.41) is 9.85. The highest BCUT2D eigenvalue weighted by Gasteiger charge is 2.11. The number of aromatic amines is 1. The van der Waals surface area contributed by atoms with Crippen molar-refractivity contribution in [3.05, 3.63) is 34.3 Å². The molecule has 0 bridgehead atoms. The molecule has 0 aliphatic heterocycles. The number of hydrogen-bond acceptors (Lipinski definition) is 4. The summed E-state index contributed by atoms with van der Waals surface area (Å²) in [5.41, 5.74) is 0.154. The Labute approximate surface area is 134 Å². The summed E-state index contributed by atoms with van der Waals surface area (Å²) in [6.07, 6.45) is 0. The molecule has 0 unspecified atom stereocenters. The number of carbonyl (C=O) groups excluding carboxylic acids is 1. The lowest BCUT2D eigenvalue weighted by atomic mass is 10.2. The van der Waals surface area contributed by atoms with Crippen molar-refractivity contribution in [2.75, 3.05) is 11.1 Å². The number of halogens is 2. The number of thioether (sulfide) groups is 1. The van der Waals surface area contributed by atoms with Crippen LogP contribution in [0.1, 0.15) is 25.6 Å². The van der Waals surface area contributed by atoms with Crippen LogP contribution in [0.4, 0.5) is 10.1 Å². The maximum atomic E-state index is 13.6. The van der Waals surface area contributed by atoms with Crippen molar-refractivity contribution in [3.8, 4) is 0 Å². The molecule has 2 rings (SSSR count). The Morgan fingerprint density at radius 3 is 2.90 bits per heavy atom. The molecule has 1 amide bonds. The average molecular weight is 373 g/mol. The van der Waals surface area contributed by atoms with Crippen molar-refractivity contribution in [2.24, 2.45) is 0 Å². The van der Waals surface area contributed by atoms with Gasteiger partial charge in [0.1, 0.15) is 11.6 Å². The Balaban J connectivity index is 1.89. The Kier molecular flexibility index (Phi) is 5.35. The van der Waals surface area contributed by atoms with Gasteiger partial charge in [-0.3, -0.25) is 9.89 Å². The number of nitrogens with one attached hydrogen (secondary N) is 2. The molecule has 8 heteroatoms. The second-order valence-electron chi connectivity index (χ2n) is 4.62. The van der Waals surface area contributed by atoms with E-state index < -0.39 is 5.82 Å². The maximum absolute atomic E-state index is 13.6. The van der Waals surface area contributed by atoms with Crippen molar-refractivity contribution in [1.29, 1.82) is 0 Å². The number of carbonyl (C=O) groups is 1. The predicted octanol–water partition coefficient (Wildman–Crippen LogP) is 3.56. The van der Waals surface area contributed by atoms with Gasteiger partial charge in [0.25, 0.3) is 0 Å². The summed E-state index contributed by atoms with van der Waals surface area (Å²) >= 11 is 4.36. The van der Waals surface area contributed by atoms with E-state index in [4.69, 9.17) is 0 Å². The third-order valence-corrected chi connectivity index (χ3v) is 3.91. The van der Waals surface area contributed by atoms with E-state index in [0.717, 1.165) is 5.82 Å². The van der Waals surface area contributed by atoms with Gasteiger partial charge in [-0.15, -0.1) is 5.10 Å². The second-order valence-corrected chi connectivity index (χ2v) is 6.48. The summed E-state index contributed by atoms with van der Waals surface area (Å²) in [7, 11) is 0. The molecule has 0 aliphatic rings. The van der Waals surface area contributed by atoms with E-state index in [0.29, 0.717) is 9.63 Å². The number of rotatable bonds is 5. The van der Waals surface area contributed by atoms with Gasteiger partial charge >= 0.3 is 0 Å². The fraction of sp³-hybridized carbons (Fsp3) is 0.308. The van der Waals surface area contributed by atoms with Gasteiger partial charge in [-0.2, -0.15) is 0 Å². The molecule has 1 heterocycles. The first kappa shape index (κ1) is 16.0. The fourth-order valence-electron chi connectivity index (χ4n) is 1.49. The molecule has 0 saturated heterocycles. The minimum Gasteiger partial charge on any atom is -0.323 e. The van der Waals surface area contributed by atoms with Gasteiger partial charge in [0.2, 0.25) is 11.1 Å². The highest BCUT2D eigenvalue weighted by molar-refractivity contribution is 9.10. The SMILES string of the molecule is CC(C)c1nc(SCC(=O)Nc2ccc(Br)cc2F)n[nH]1. The van der Waals surface area contributed by atoms with Gasteiger partial charge in [-0.05, 0) is 18.2 Å². The van der Waals surface area contributed by atoms with Gasteiger partial charge in [0.15, 0.2) is 0 Å². The number of nitrogens with zero attached hydrogens (tertiary/aromatic N) is 2. The fourth-order valence-corrected chi connectivity index (χ4v) is 2.43. The first-order valence-electron chi connectivity index (χ1n) is 6.25. The largest absolute Gasteiger partial charge is 0.323 e. The molecule has 0 radical (unpaired) electrons. The molecule has 5 nitrogen and oxygen atoms in total. The number of H-pyrrole nitrogens is 1. The van der Waals surface area contributed by atoms with Gasteiger partial charge in [0.05, 0.1) is 11.4 Å². The lowest BCUT2D eigenvalue weighted by Crippen LogP contribution is -2.15. The van der Waals surface area contributed by atoms with Crippen LogP contribution in [0.2, 0.25) is 0 Å². The van der Waals surface area contributed by atoms with Gasteiger partial charge in [-0.1, -0.05) is 41.5 Å². The van der Waals surface area contributed by atoms with E-state index in [1.54, 1.807) is 6.07 Å². The molecule has 0 spiro atoms. The van der Waals surface area contributed by atoms with E-state index in [1.807, 2.05) is 13.8 Å². The Morgan fingerprint density at radius 2 is 2.29 bits per heavy atom. The minimum absolute atomic E-state index is 0.116. The molecule has 1 aromatic heterocycles. The summed E-state index contributed by atoms with van der Waals surface area (Å²) in [6, 6.07) is 4.47. The highest BCUT2D eigenvalue weighted by Crippen LogP contribution is 2.20. The molecular weight excluding hydrogens is 359 g/mol. The third kappa shape index (κ3) is 4.53. The molecule has 0 saturated carbocycles. The first-order valence-corrected chi connectivity index (χ1v) is 8.03. The monoisotopic (exact) mass is 372 g/mol. The standard InChI is InChI=1S/C13H14BrFN4OS/c1-7(2)12-17-13(19-18-12)21-6-11(20)16-10-4-3-8(14)5-9(10)15/h3-5,7H,6H2,1-2H3,(H,16,20)(H,17,18,19). The summed E-state index contributed by atoms with van der Waals surface area (Å²) in [5.74, 6) is 0.347. The molecule has 2 aromatic rings. The Bertz CT molecular complexity index is 647. The molecule has 0 atom stereocenters. The van der Waals surface area contributed by atoms with Crippen LogP contribution >= 0.6 is 27.7 Å². The average Bonchev–Trinajstić information content (AvgIpc) is 2.89. The zero-order chi connectivity index (χ0) is 15.4. The normalized spacial score (nSPS) is 10.9. The molecule has 0 aliphatic carbocycles. The van der Waals surface area contributed by atoms with Crippen molar-refractivity contribution in [2.45, 2.75) is 24.9 Å². The predicted molar refractivity (Wildman–Crippen MR) is 83.9 cm³/mol. The lowest BCUT2D eigenvalue weighted by molar-refractivity contribution is -0.113. The van der Waals surface area contributed by atoms with Crippen LogP contribution in [0.5, 0.6) is 0 Å². The van der Waals surface area contributed by atoms with Gasteiger partial charge < -0.3 is 5.32 Å². The van der Waals surface area contributed by atoms with Crippen LogP contribution in [0.15, 0.2) is 27.8 Å². The maximum Gasteiger partial charge on any atom is 0.234 e. The van der Waals surface area contributed by atoms with E-state index in [-0.39, 0.29) is 23.3 Å². The van der Waals surface area contributed by atoms with E-state index >= 15 is 0 Å². The van der Waals surface area contributed by atoms with Crippen LogP contribution in [-0.2, 0) is 4.79 Å². The van der Waals surface area contributed by atoms with Crippen LogP contribution in [0.3, 0.4) is 0 Å². The minimum atomic E-state index is -0.484. The molecule has 1 aromatic carbocycles. The van der Waals surface area contributed by atoms with Crippen LogP contribution in [-0.4, -0.2) is 26.8 Å². The number of amides is 1. The number of hydrogen-bond donors (Lipinski definition) is 2. The smallest absolute Gasteiger partial charge is 0.234 e. The highest BCUT2D eigenvalue weighted by atomic mass is 79.9. The van der Waals surface area contributed by atoms with E-state index in [1.165, 1.54) is 23.9 Å². The van der Waals surface area contributed by atoms with Gasteiger partial charge in [-0.25, -0.2) is 9.37 Å². The Morgan fingerprint density at radius 1 is 1.52 bits per heavy atom. The van der Waals surface area contributed by atoms with Crippen molar-refractivity contribution in [3.63, 3.8) is 0 Å². The van der Waals surface area contributed by atoms with E-state index in [9.17, 15) is 9.18 Å². The second kappa shape index (κ2) is 7.04. The molecular formula is C13H14BrFN4OS. The Hall–Kier alpha value is -1.41. The van der Waals surface area contributed by atoms with Crippen LogP contribution in [0.25, 0.3) is 0 Å². The first-order chi connectivity index (χ1) is 9.95. The quantitative estimate of drug-likeness (QED) is 0.787. The summed E-state index contributed by atoms with van der Waals surface area (Å²) in [4.78, 5) is 16.0. The topological polar surface area (TPSA) is 70.7 Å². The molecule has 2 N–H and O–H groups in total. The van der Waals surface area contributed by atoms with Crippen molar-refractivity contribution >= 4 is 39.3 Å². The third-order valence-electron chi connectivity index (χ3n) is 2.57.